The van der Waals surface area contributed by atoms with Gasteiger partial charge in [-0.25, -0.2) is 8.42 Å². The topological polar surface area (TPSA) is 104 Å². The molecule has 0 spiro atoms. The number of nitrogen functional groups attached to an aromatic ring is 1. The zero-order valence-corrected chi connectivity index (χ0v) is 12.0. The van der Waals surface area contributed by atoms with Crippen molar-refractivity contribution in [1.82, 2.24) is 4.31 Å². The van der Waals surface area contributed by atoms with Gasteiger partial charge in [-0.3, -0.25) is 0 Å². The van der Waals surface area contributed by atoms with Gasteiger partial charge in [-0.05, 0) is 34.1 Å². The third kappa shape index (κ3) is 3.42. The molecular weight excluding hydrogens is 324 g/mol. The van der Waals surface area contributed by atoms with Crippen LogP contribution in [0.3, 0.4) is 0 Å². The van der Waals surface area contributed by atoms with Crippen LogP contribution in [0.1, 0.15) is 0 Å². The summed E-state index contributed by atoms with van der Waals surface area (Å²) in [5, 5.41) is 17.7. The van der Waals surface area contributed by atoms with Crippen molar-refractivity contribution in [2.24, 2.45) is 0 Å². The monoisotopic (exact) mass is 338 g/mol. The van der Waals surface area contributed by atoms with Gasteiger partial charge in [0.25, 0.3) is 0 Å². The molecule has 18 heavy (non-hydrogen) atoms. The molecule has 0 saturated heterocycles. The van der Waals surface area contributed by atoms with Gasteiger partial charge in [-0.1, -0.05) is 0 Å². The van der Waals surface area contributed by atoms with E-state index in [1.54, 1.807) is 6.07 Å². The molecule has 0 aliphatic carbocycles. The van der Waals surface area contributed by atoms with E-state index in [4.69, 9.17) is 15.9 Å². The molecule has 0 aliphatic heterocycles. The number of hydrogen-bond donors (Lipinski definition) is 3. The summed E-state index contributed by atoms with van der Waals surface area (Å²) in [6.07, 6.45) is 0. The van der Waals surface area contributed by atoms with Crippen LogP contribution in [0.4, 0.5) is 5.69 Å². The first-order valence-electron chi connectivity index (χ1n) is 5.20. The second-order valence-corrected chi connectivity index (χ2v) is 6.30. The number of nitrogens with two attached hydrogens (primary N) is 1. The standard InChI is InChI=1S/C10H15BrN2O4S/c11-9-2-1-8(12)7-10(9)18(16,17)13(3-5-14)4-6-15/h1-2,7,14-15H,3-6,12H2. The first kappa shape index (κ1) is 15.4. The lowest BCUT2D eigenvalue weighted by atomic mass is 10.3. The molecule has 1 aromatic carbocycles. The Morgan fingerprint density at radius 2 is 1.78 bits per heavy atom. The number of rotatable bonds is 6. The van der Waals surface area contributed by atoms with Crippen molar-refractivity contribution in [2.75, 3.05) is 32.0 Å². The third-order valence-electron chi connectivity index (χ3n) is 2.27. The predicted octanol–water partition coefficient (Wildman–Crippen LogP) is 0.00660. The van der Waals surface area contributed by atoms with Crippen LogP contribution in [0.5, 0.6) is 0 Å². The van der Waals surface area contributed by atoms with Crippen molar-refractivity contribution in [1.29, 1.82) is 0 Å². The highest BCUT2D eigenvalue weighted by atomic mass is 79.9. The van der Waals surface area contributed by atoms with E-state index in [2.05, 4.69) is 15.9 Å². The van der Waals surface area contributed by atoms with Gasteiger partial charge in [0.05, 0.1) is 18.1 Å². The lowest BCUT2D eigenvalue weighted by molar-refractivity contribution is 0.217. The molecule has 8 heteroatoms. The minimum atomic E-state index is -3.79. The molecule has 0 radical (unpaired) electrons. The summed E-state index contributed by atoms with van der Waals surface area (Å²) >= 11 is 3.15. The van der Waals surface area contributed by atoms with Crippen LogP contribution in [0, 0.1) is 0 Å². The first-order valence-corrected chi connectivity index (χ1v) is 7.43. The van der Waals surface area contributed by atoms with Gasteiger partial charge < -0.3 is 15.9 Å². The molecule has 6 nitrogen and oxygen atoms in total. The van der Waals surface area contributed by atoms with E-state index in [0.29, 0.717) is 10.2 Å². The number of sulfonamides is 1. The average molecular weight is 339 g/mol. The molecule has 0 aliphatic rings. The van der Waals surface area contributed by atoms with Gasteiger partial charge in [0.1, 0.15) is 0 Å². The highest BCUT2D eigenvalue weighted by molar-refractivity contribution is 9.10. The summed E-state index contributed by atoms with van der Waals surface area (Å²) < 4.78 is 26.0. The molecule has 0 heterocycles. The maximum Gasteiger partial charge on any atom is 0.244 e. The van der Waals surface area contributed by atoms with Gasteiger partial charge >= 0.3 is 0 Å². The minimum Gasteiger partial charge on any atom is -0.399 e. The van der Waals surface area contributed by atoms with E-state index in [1.165, 1.54) is 12.1 Å². The Hall–Kier alpha value is -0.670. The Labute approximate surface area is 114 Å². The van der Waals surface area contributed by atoms with Crippen LogP contribution >= 0.6 is 15.9 Å². The van der Waals surface area contributed by atoms with Crippen molar-refractivity contribution < 1.29 is 18.6 Å². The highest BCUT2D eigenvalue weighted by Crippen LogP contribution is 2.26. The number of halogens is 1. The fourth-order valence-corrected chi connectivity index (χ4v) is 3.81. The van der Waals surface area contributed by atoms with Crippen molar-refractivity contribution in [2.45, 2.75) is 4.90 Å². The molecule has 102 valence electrons. The number of nitrogens with zero attached hydrogens (tertiary/aromatic N) is 1. The number of aliphatic hydroxyl groups excluding tert-OH is 2. The lowest BCUT2D eigenvalue weighted by Gasteiger charge is -2.21. The molecule has 0 fully saturated rings. The molecular formula is C10H15BrN2O4S. The molecule has 0 atom stereocenters. The minimum absolute atomic E-state index is 0.0180. The Morgan fingerprint density at radius 3 is 2.28 bits per heavy atom. The number of anilines is 1. The largest absolute Gasteiger partial charge is 0.399 e. The van der Waals surface area contributed by atoms with Gasteiger partial charge in [0, 0.05) is 23.2 Å². The van der Waals surface area contributed by atoms with Crippen LogP contribution < -0.4 is 5.73 Å². The van der Waals surface area contributed by atoms with Crippen LogP contribution in [0.25, 0.3) is 0 Å². The normalized spacial score (nSPS) is 12.0. The van der Waals surface area contributed by atoms with Gasteiger partial charge in [0.2, 0.25) is 10.0 Å². The zero-order chi connectivity index (χ0) is 13.8. The molecule has 0 bridgehead atoms. The Kier molecular flexibility index (Phi) is 5.54. The van der Waals surface area contributed by atoms with Gasteiger partial charge in [-0.2, -0.15) is 4.31 Å². The average Bonchev–Trinajstić information content (AvgIpc) is 2.32. The molecule has 0 saturated carbocycles. The van der Waals surface area contributed by atoms with E-state index < -0.39 is 10.0 Å². The molecule has 1 rings (SSSR count). The van der Waals surface area contributed by atoms with Crippen LogP contribution in [-0.2, 0) is 10.0 Å². The number of aliphatic hydroxyl groups is 2. The molecule has 0 aromatic heterocycles. The molecule has 4 N–H and O–H groups in total. The van der Waals surface area contributed by atoms with Crippen molar-refractivity contribution in [3.05, 3.63) is 22.7 Å². The van der Waals surface area contributed by atoms with Gasteiger partial charge in [0.15, 0.2) is 0 Å². The quantitative estimate of drug-likeness (QED) is 0.633. The highest BCUT2D eigenvalue weighted by Gasteiger charge is 2.25. The maximum absolute atomic E-state index is 12.3. The molecule has 0 amide bonds. The second kappa shape index (κ2) is 6.48. The molecule has 0 unspecified atom stereocenters. The summed E-state index contributed by atoms with van der Waals surface area (Å²) in [5.41, 5.74) is 5.89. The fourth-order valence-electron chi connectivity index (χ4n) is 1.43. The Bertz CT molecular complexity index is 501. The number of benzene rings is 1. The molecule has 1 aromatic rings. The third-order valence-corrected chi connectivity index (χ3v) is 5.16. The smallest absolute Gasteiger partial charge is 0.244 e. The van der Waals surface area contributed by atoms with E-state index in [-0.39, 0.29) is 31.2 Å². The van der Waals surface area contributed by atoms with Crippen LogP contribution in [0.15, 0.2) is 27.6 Å². The maximum atomic E-state index is 12.3. The van der Waals surface area contributed by atoms with Crippen molar-refractivity contribution in [3.63, 3.8) is 0 Å². The predicted molar refractivity (Wildman–Crippen MR) is 71.5 cm³/mol. The fraction of sp³-hybridized carbons (Fsp3) is 0.400. The van der Waals surface area contributed by atoms with Gasteiger partial charge in [-0.15, -0.1) is 0 Å². The SMILES string of the molecule is Nc1ccc(Br)c(S(=O)(=O)N(CCO)CCO)c1. The van der Waals surface area contributed by atoms with E-state index in [0.717, 1.165) is 4.31 Å². The summed E-state index contributed by atoms with van der Waals surface area (Å²) in [7, 11) is -3.79. The van der Waals surface area contributed by atoms with Crippen molar-refractivity contribution >= 4 is 31.6 Å². The zero-order valence-electron chi connectivity index (χ0n) is 9.58. The van der Waals surface area contributed by atoms with E-state index in [1.807, 2.05) is 0 Å². The Morgan fingerprint density at radius 1 is 1.22 bits per heavy atom. The van der Waals surface area contributed by atoms with Crippen LogP contribution in [0.2, 0.25) is 0 Å². The van der Waals surface area contributed by atoms with E-state index >= 15 is 0 Å². The summed E-state index contributed by atoms with van der Waals surface area (Å²) in [5.74, 6) is 0. The summed E-state index contributed by atoms with van der Waals surface area (Å²) in [6, 6.07) is 4.45. The van der Waals surface area contributed by atoms with Crippen molar-refractivity contribution in [3.8, 4) is 0 Å². The second-order valence-electron chi connectivity index (χ2n) is 3.54. The summed E-state index contributed by atoms with van der Waals surface area (Å²) in [6.45, 7) is -0.799. The van der Waals surface area contributed by atoms with E-state index in [9.17, 15) is 8.42 Å². The lowest BCUT2D eigenvalue weighted by Crippen LogP contribution is -2.36. The first-order chi connectivity index (χ1) is 8.43. The Balaban J connectivity index is 3.21. The summed E-state index contributed by atoms with van der Waals surface area (Å²) in [4.78, 5) is 0.0180. The van der Waals surface area contributed by atoms with Crippen LogP contribution in [-0.4, -0.2) is 49.2 Å². The number of hydrogen-bond acceptors (Lipinski definition) is 5.